The predicted octanol–water partition coefficient (Wildman–Crippen LogP) is 5.85. The Morgan fingerprint density at radius 1 is 1.04 bits per heavy atom. The number of nitrogens with zero attached hydrogens (tertiary/aromatic N) is 3. The van der Waals surface area contributed by atoms with Crippen molar-refractivity contribution in [1.82, 2.24) is 9.78 Å². The zero-order valence-electron chi connectivity index (χ0n) is 14.3. The van der Waals surface area contributed by atoms with E-state index in [-0.39, 0.29) is 23.6 Å². The standard InChI is InChI=1S/C19H13ClF4IN3/c20-15-9-13(5-6-16(15)21)28-17-10-27(12-3-1-11(25)2-4-12)8-7-14(17)18(26-28)19(22,23)24/h1-6,9H,7-8,10H2. The first-order chi connectivity index (χ1) is 13.2. The molecule has 0 fully saturated rings. The molecule has 1 aliphatic rings. The van der Waals surface area contributed by atoms with Gasteiger partial charge >= 0.3 is 6.18 Å². The van der Waals surface area contributed by atoms with Crippen molar-refractivity contribution in [1.29, 1.82) is 0 Å². The van der Waals surface area contributed by atoms with E-state index in [1.54, 1.807) is 0 Å². The second-order valence-corrected chi connectivity index (χ2v) is 8.08. The molecule has 9 heteroatoms. The summed E-state index contributed by atoms with van der Waals surface area (Å²) in [5.41, 5.74) is 0.923. The summed E-state index contributed by atoms with van der Waals surface area (Å²) in [6.07, 6.45) is -4.35. The highest BCUT2D eigenvalue weighted by molar-refractivity contribution is 14.1. The molecule has 0 saturated heterocycles. The minimum absolute atomic E-state index is 0.166. The third kappa shape index (κ3) is 3.59. The average molecular weight is 522 g/mol. The quantitative estimate of drug-likeness (QED) is 0.312. The Balaban J connectivity index is 1.81. The third-order valence-electron chi connectivity index (χ3n) is 4.67. The van der Waals surface area contributed by atoms with Crippen LogP contribution in [0.1, 0.15) is 17.0 Å². The molecule has 1 aromatic heterocycles. The molecule has 0 radical (unpaired) electrons. The Morgan fingerprint density at radius 3 is 2.36 bits per heavy atom. The van der Waals surface area contributed by atoms with Crippen molar-refractivity contribution in [3.8, 4) is 5.69 Å². The predicted molar refractivity (Wildman–Crippen MR) is 107 cm³/mol. The fourth-order valence-corrected chi connectivity index (χ4v) is 3.88. The first-order valence-corrected chi connectivity index (χ1v) is 9.83. The molecule has 0 atom stereocenters. The molecule has 28 heavy (non-hydrogen) atoms. The molecule has 3 aromatic rings. The minimum atomic E-state index is -4.57. The van der Waals surface area contributed by atoms with Gasteiger partial charge in [0.05, 0.1) is 22.9 Å². The van der Waals surface area contributed by atoms with Gasteiger partial charge in [0.2, 0.25) is 0 Å². The number of halogens is 6. The second-order valence-electron chi connectivity index (χ2n) is 6.43. The normalized spacial score (nSPS) is 14.3. The topological polar surface area (TPSA) is 21.1 Å². The molecule has 146 valence electrons. The van der Waals surface area contributed by atoms with Crippen LogP contribution in [0.15, 0.2) is 42.5 Å². The lowest BCUT2D eigenvalue weighted by atomic mass is 10.0. The first kappa shape index (κ1) is 19.5. The molecule has 0 amide bonds. The number of hydrogen-bond acceptors (Lipinski definition) is 2. The summed E-state index contributed by atoms with van der Waals surface area (Å²) >= 11 is 8.03. The summed E-state index contributed by atoms with van der Waals surface area (Å²) in [6.45, 7) is 0.709. The van der Waals surface area contributed by atoms with Gasteiger partial charge in [0.25, 0.3) is 0 Å². The van der Waals surface area contributed by atoms with Gasteiger partial charge in [-0.1, -0.05) is 11.6 Å². The first-order valence-electron chi connectivity index (χ1n) is 8.38. The van der Waals surface area contributed by atoms with E-state index in [1.165, 1.54) is 16.8 Å². The van der Waals surface area contributed by atoms with Crippen LogP contribution in [0.3, 0.4) is 0 Å². The Morgan fingerprint density at radius 2 is 1.71 bits per heavy atom. The van der Waals surface area contributed by atoms with E-state index >= 15 is 0 Å². The van der Waals surface area contributed by atoms with Gasteiger partial charge in [-0.15, -0.1) is 0 Å². The molecule has 0 aliphatic carbocycles. The van der Waals surface area contributed by atoms with E-state index in [1.807, 2.05) is 29.2 Å². The van der Waals surface area contributed by atoms with Crippen LogP contribution >= 0.6 is 34.2 Å². The van der Waals surface area contributed by atoms with E-state index < -0.39 is 17.7 Å². The molecule has 0 bridgehead atoms. The van der Waals surface area contributed by atoms with Crippen LogP contribution in [0.5, 0.6) is 0 Å². The summed E-state index contributed by atoms with van der Waals surface area (Å²) in [4.78, 5) is 2.00. The Bertz CT molecular complexity index is 1030. The largest absolute Gasteiger partial charge is 0.435 e. The fraction of sp³-hybridized carbons (Fsp3) is 0.211. The van der Waals surface area contributed by atoms with Crippen LogP contribution < -0.4 is 4.90 Å². The highest BCUT2D eigenvalue weighted by Gasteiger charge is 2.40. The highest BCUT2D eigenvalue weighted by Crippen LogP contribution is 2.37. The lowest BCUT2D eigenvalue weighted by Gasteiger charge is -2.30. The molecule has 0 unspecified atom stereocenters. The van der Waals surface area contributed by atoms with Crippen LogP contribution in [0.4, 0.5) is 23.2 Å². The van der Waals surface area contributed by atoms with E-state index in [9.17, 15) is 17.6 Å². The molecular weight excluding hydrogens is 509 g/mol. The van der Waals surface area contributed by atoms with Gasteiger partial charge in [0.1, 0.15) is 5.82 Å². The molecule has 2 aromatic carbocycles. The van der Waals surface area contributed by atoms with Crippen LogP contribution in [0.25, 0.3) is 5.69 Å². The summed E-state index contributed by atoms with van der Waals surface area (Å²) in [7, 11) is 0. The minimum Gasteiger partial charge on any atom is -0.365 e. The SMILES string of the molecule is Fc1ccc(-n2nc(C(F)(F)F)c3c2CN(c2ccc(I)cc2)CC3)cc1Cl. The molecule has 3 nitrogen and oxygen atoms in total. The number of alkyl halides is 3. The van der Waals surface area contributed by atoms with Gasteiger partial charge in [-0.2, -0.15) is 18.3 Å². The fourth-order valence-electron chi connectivity index (χ4n) is 3.35. The van der Waals surface area contributed by atoms with Crippen molar-refractivity contribution in [2.75, 3.05) is 11.4 Å². The number of benzene rings is 2. The third-order valence-corrected chi connectivity index (χ3v) is 5.68. The maximum Gasteiger partial charge on any atom is 0.435 e. The van der Waals surface area contributed by atoms with Crippen LogP contribution in [-0.2, 0) is 19.1 Å². The lowest BCUT2D eigenvalue weighted by molar-refractivity contribution is -0.142. The number of rotatable bonds is 2. The van der Waals surface area contributed by atoms with Gasteiger partial charge in [-0.3, -0.25) is 0 Å². The van der Waals surface area contributed by atoms with Gasteiger partial charge < -0.3 is 4.90 Å². The van der Waals surface area contributed by atoms with E-state index in [2.05, 4.69) is 27.7 Å². The van der Waals surface area contributed by atoms with Crippen LogP contribution in [-0.4, -0.2) is 16.3 Å². The summed E-state index contributed by atoms with van der Waals surface area (Å²) in [6, 6.07) is 11.6. The summed E-state index contributed by atoms with van der Waals surface area (Å²) < 4.78 is 56.4. The van der Waals surface area contributed by atoms with Gasteiger partial charge in [0.15, 0.2) is 5.69 Å². The number of anilines is 1. The number of hydrogen-bond donors (Lipinski definition) is 0. The average Bonchev–Trinajstić information content (AvgIpc) is 3.04. The zero-order chi connectivity index (χ0) is 20.1. The van der Waals surface area contributed by atoms with E-state index in [0.717, 1.165) is 15.3 Å². The maximum absolute atomic E-state index is 13.5. The van der Waals surface area contributed by atoms with Crippen LogP contribution in [0, 0.1) is 9.39 Å². The van der Waals surface area contributed by atoms with Gasteiger partial charge in [-0.25, -0.2) is 9.07 Å². The molecule has 2 heterocycles. The molecule has 0 saturated carbocycles. The number of aromatic nitrogens is 2. The smallest absolute Gasteiger partial charge is 0.365 e. The maximum atomic E-state index is 13.5. The van der Waals surface area contributed by atoms with Crippen LogP contribution in [0.2, 0.25) is 5.02 Å². The van der Waals surface area contributed by atoms with Gasteiger partial charge in [0, 0.05) is 21.4 Å². The number of fused-ring (bicyclic) bond motifs is 1. The molecule has 0 N–H and O–H groups in total. The monoisotopic (exact) mass is 521 g/mol. The van der Waals surface area contributed by atoms with Crippen molar-refractivity contribution in [2.24, 2.45) is 0 Å². The molecule has 0 spiro atoms. The van der Waals surface area contributed by atoms with E-state index in [4.69, 9.17) is 11.6 Å². The summed E-state index contributed by atoms with van der Waals surface area (Å²) in [5.74, 6) is -0.636. The highest BCUT2D eigenvalue weighted by atomic mass is 127. The van der Waals surface area contributed by atoms with Crippen molar-refractivity contribution >= 4 is 39.9 Å². The Labute approximate surface area is 177 Å². The second kappa shape index (κ2) is 7.22. The molecule has 4 rings (SSSR count). The van der Waals surface area contributed by atoms with Crippen molar-refractivity contribution in [3.63, 3.8) is 0 Å². The van der Waals surface area contributed by atoms with Crippen molar-refractivity contribution < 1.29 is 17.6 Å². The van der Waals surface area contributed by atoms with Crippen molar-refractivity contribution in [3.05, 3.63) is 73.8 Å². The Kier molecular flexibility index (Phi) is 5.03. The van der Waals surface area contributed by atoms with E-state index in [0.29, 0.717) is 17.9 Å². The lowest BCUT2D eigenvalue weighted by Crippen LogP contribution is -2.31. The molecular formula is C19H13ClF4IN3. The molecule has 1 aliphatic heterocycles. The summed E-state index contributed by atoms with van der Waals surface area (Å²) in [5, 5.41) is 3.66. The Hall–Kier alpha value is -1.81. The zero-order valence-corrected chi connectivity index (χ0v) is 17.2. The van der Waals surface area contributed by atoms with Crippen molar-refractivity contribution in [2.45, 2.75) is 19.1 Å². The van der Waals surface area contributed by atoms with Gasteiger partial charge in [-0.05, 0) is 71.5 Å².